The van der Waals surface area contributed by atoms with Crippen LogP contribution in [0.3, 0.4) is 0 Å². The summed E-state index contributed by atoms with van der Waals surface area (Å²) < 4.78 is 27.6. The van der Waals surface area contributed by atoms with Gasteiger partial charge in [-0.25, -0.2) is 0 Å². The number of hydrogen-bond acceptors (Lipinski definition) is 5. The van der Waals surface area contributed by atoms with Gasteiger partial charge in [-0.05, 0) is 12.8 Å². The lowest BCUT2D eigenvalue weighted by molar-refractivity contribution is 0.239. The maximum Gasteiger partial charge on any atom is 0.281 e. The van der Waals surface area contributed by atoms with E-state index in [2.05, 4.69) is 15.2 Å². The highest BCUT2D eigenvalue weighted by atomic mass is 32.2. The van der Waals surface area contributed by atoms with Crippen molar-refractivity contribution >= 4 is 16.2 Å². The fourth-order valence-corrected chi connectivity index (χ4v) is 3.96. The number of rotatable bonds is 4. The Bertz CT molecular complexity index is 462. The second kappa shape index (κ2) is 6.28. The number of likely N-dealkylation sites (N-methyl/N-ethyl adjacent to an activating group) is 1. The highest BCUT2D eigenvalue weighted by molar-refractivity contribution is 7.86. The van der Waals surface area contributed by atoms with Crippen LogP contribution in [0, 0.1) is 0 Å². The van der Waals surface area contributed by atoms with Crippen molar-refractivity contribution in [2.75, 3.05) is 47.3 Å². The SMILES string of the molecule is CN1CCN=C1NCC1CCCCN1S(=O)(=O)N(C)C. The molecule has 0 aromatic carbocycles. The van der Waals surface area contributed by atoms with E-state index in [1.165, 1.54) is 4.31 Å². The van der Waals surface area contributed by atoms with Crippen LogP contribution in [0.5, 0.6) is 0 Å². The Hall–Kier alpha value is -0.860. The molecular formula is C12H25N5O2S. The van der Waals surface area contributed by atoms with Gasteiger partial charge in [-0.3, -0.25) is 4.99 Å². The van der Waals surface area contributed by atoms with Crippen LogP contribution in [0.2, 0.25) is 0 Å². The highest BCUT2D eigenvalue weighted by Gasteiger charge is 2.33. The van der Waals surface area contributed by atoms with E-state index in [1.54, 1.807) is 18.4 Å². The first-order chi connectivity index (χ1) is 9.43. The normalized spacial score (nSPS) is 25.1. The number of piperidine rings is 1. The minimum Gasteiger partial charge on any atom is -0.355 e. The second-order valence-electron chi connectivity index (χ2n) is 5.56. The molecule has 0 saturated carbocycles. The average Bonchev–Trinajstić information content (AvgIpc) is 2.82. The van der Waals surface area contributed by atoms with Gasteiger partial charge in [0.2, 0.25) is 0 Å². The molecule has 1 N–H and O–H groups in total. The van der Waals surface area contributed by atoms with Crippen molar-refractivity contribution in [3.63, 3.8) is 0 Å². The summed E-state index contributed by atoms with van der Waals surface area (Å²) in [5, 5.41) is 3.29. The molecule has 2 heterocycles. The number of hydrogen-bond donors (Lipinski definition) is 1. The predicted molar refractivity (Wildman–Crippen MR) is 79.9 cm³/mol. The van der Waals surface area contributed by atoms with E-state index in [0.717, 1.165) is 38.3 Å². The highest BCUT2D eigenvalue weighted by Crippen LogP contribution is 2.21. The smallest absolute Gasteiger partial charge is 0.281 e. The van der Waals surface area contributed by atoms with Gasteiger partial charge in [0.05, 0.1) is 6.54 Å². The zero-order valence-corrected chi connectivity index (χ0v) is 13.4. The van der Waals surface area contributed by atoms with Gasteiger partial charge in [0.1, 0.15) is 0 Å². The minimum atomic E-state index is -3.34. The summed E-state index contributed by atoms with van der Waals surface area (Å²) in [6.07, 6.45) is 2.91. The van der Waals surface area contributed by atoms with Crippen LogP contribution in [0.1, 0.15) is 19.3 Å². The van der Waals surface area contributed by atoms with Crippen LogP contribution in [-0.2, 0) is 10.2 Å². The largest absolute Gasteiger partial charge is 0.355 e. The predicted octanol–water partition coefficient (Wildman–Crippen LogP) is -0.462. The molecule has 0 spiro atoms. The van der Waals surface area contributed by atoms with Gasteiger partial charge in [0.25, 0.3) is 10.2 Å². The number of aliphatic imine (C=N–C) groups is 1. The first-order valence-corrected chi connectivity index (χ1v) is 8.51. The molecule has 0 aromatic rings. The van der Waals surface area contributed by atoms with E-state index in [0.29, 0.717) is 13.1 Å². The molecule has 1 saturated heterocycles. The third kappa shape index (κ3) is 3.24. The number of nitrogens with one attached hydrogen (secondary N) is 1. The molecule has 0 aromatic heterocycles. The molecule has 8 heteroatoms. The van der Waals surface area contributed by atoms with Crippen LogP contribution in [-0.4, -0.2) is 81.3 Å². The van der Waals surface area contributed by atoms with Crippen molar-refractivity contribution < 1.29 is 8.42 Å². The van der Waals surface area contributed by atoms with Crippen molar-refractivity contribution in [2.45, 2.75) is 25.3 Å². The molecule has 2 aliphatic rings. The molecule has 1 fully saturated rings. The average molecular weight is 303 g/mol. The van der Waals surface area contributed by atoms with E-state index < -0.39 is 10.2 Å². The first kappa shape index (κ1) is 15.5. The van der Waals surface area contributed by atoms with Gasteiger partial charge in [0.15, 0.2) is 5.96 Å². The summed E-state index contributed by atoms with van der Waals surface area (Å²) in [6, 6.07) is 0.00727. The van der Waals surface area contributed by atoms with Crippen molar-refractivity contribution in [1.29, 1.82) is 0 Å². The Balaban J connectivity index is 2.00. The molecule has 1 unspecified atom stereocenters. The molecular weight excluding hydrogens is 278 g/mol. The summed E-state index contributed by atoms with van der Waals surface area (Å²) in [6.45, 7) is 2.96. The standard InChI is InChI=1S/C12H25N5O2S/c1-15(2)20(18,19)17-8-5-4-6-11(17)10-14-12-13-7-9-16(12)3/h11H,4-10H2,1-3H3,(H,13,14). The topological polar surface area (TPSA) is 68.2 Å². The van der Waals surface area contributed by atoms with E-state index >= 15 is 0 Å². The zero-order chi connectivity index (χ0) is 14.8. The Morgan fingerprint density at radius 1 is 1.35 bits per heavy atom. The zero-order valence-electron chi connectivity index (χ0n) is 12.5. The van der Waals surface area contributed by atoms with Crippen LogP contribution < -0.4 is 5.32 Å². The van der Waals surface area contributed by atoms with Crippen molar-refractivity contribution in [2.24, 2.45) is 4.99 Å². The third-order valence-electron chi connectivity index (χ3n) is 3.89. The lowest BCUT2D eigenvalue weighted by atomic mass is 10.1. The van der Waals surface area contributed by atoms with Gasteiger partial charge >= 0.3 is 0 Å². The van der Waals surface area contributed by atoms with Crippen LogP contribution in [0.25, 0.3) is 0 Å². The molecule has 1 atom stereocenters. The van der Waals surface area contributed by atoms with Crippen molar-refractivity contribution in [1.82, 2.24) is 18.8 Å². The summed E-state index contributed by atoms with van der Waals surface area (Å²) >= 11 is 0. The fourth-order valence-electron chi connectivity index (χ4n) is 2.62. The summed E-state index contributed by atoms with van der Waals surface area (Å²) in [5.74, 6) is 0.873. The monoisotopic (exact) mass is 303 g/mol. The number of guanidine groups is 1. The van der Waals surface area contributed by atoms with E-state index in [1.807, 2.05) is 7.05 Å². The Kier molecular flexibility index (Phi) is 4.87. The second-order valence-corrected chi connectivity index (χ2v) is 7.65. The lowest BCUT2D eigenvalue weighted by Crippen LogP contribution is -2.53. The van der Waals surface area contributed by atoms with E-state index in [-0.39, 0.29) is 6.04 Å². The number of nitrogens with zero attached hydrogens (tertiary/aromatic N) is 4. The van der Waals surface area contributed by atoms with Crippen molar-refractivity contribution in [3.8, 4) is 0 Å². The summed E-state index contributed by atoms with van der Waals surface area (Å²) in [4.78, 5) is 6.44. The quantitative estimate of drug-likeness (QED) is 0.763. The molecule has 20 heavy (non-hydrogen) atoms. The molecule has 2 rings (SSSR count). The van der Waals surface area contributed by atoms with Crippen LogP contribution >= 0.6 is 0 Å². The summed E-state index contributed by atoms with van der Waals surface area (Å²) in [5.41, 5.74) is 0. The molecule has 0 amide bonds. The van der Waals surface area contributed by atoms with Gasteiger partial charge < -0.3 is 10.2 Å². The molecule has 0 bridgehead atoms. The Morgan fingerprint density at radius 2 is 2.10 bits per heavy atom. The lowest BCUT2D eigenvalue weighted by Gasteiger charge is -2.36. The third-order valence-corrected chi connectivity index (χ3v) is 5.88. The summed E-state index contributed by atoms with van der Waals surface area (Å²) in [7, 11) is 1.83. The van der Waals surface area contributed by atoms with Gasteiger partial charge in [0, 0.05) is 46.8 Å². The Morgan fingerprint density at radius 3 is 2.70 bits per heavy atom. The van der Waals surface area contributed by atoms with Gasteiger partial charge in [-0.2, -0.15) is 17.0 Å². The molecule has 0 radical (unpaired) electrons. The van der Waals surface area contributed by atoms with E-state index in [9.17, 15) is 8.42 Å². The Labute approximate surface area is 121 Å². The molecule has 2 aliphatic heterocycles. The van der Waals surface area contributed by atoms with Gasteiger partial charge in [-0.15, -0.1) is 0 Å². The van der Waals surface area contributed by atoms with Crippen LogP contribution in [0.4, 0.5) is 0 Å². The van der Waals surface area contributed by atoms with Gasteiger partial charge in [-0.1, -0.05) is 6.42 Å². The maximum atomic E-state index is 12.3. The first-order valence-electron chi connectivity index (χ1n) is 7.11. The van der Waals surface area contributed by atoms with Crippen LogP contribution in [0.15, 0.2) is 4.99 Å². The minimum absolute atomic E-state index is 0.00727. The molecule has 0 aliphatic carbocycles. The molecule has 116 valence electrons. The molecule has 7 nitrogen and oxygen atoms in total. The van der Waals surface area contributed by atoms with Crippen molar-refractivity contribution in [3.05, 3.63) is 0 Å². The van der Waals surface area contributed by atoms with E-state index in [4.69, 9.17) is 0 Å². The fraction of sp³-hybridized carbons (Fsp3) is 0.917. The maximum absolute atomic E-state index is 12.3.